The van der Waals surface area contributed by atoms with E-state index in [0.717, 1.165) is 12.8 Å². The van der Waals surface area contributed by atoms with Crippen LogP contribution in [0.3, 0.4) is 0 Å². The zero-order valence-electron chi connectivity index (χ0n) is 16.4. The van der Waals surface area contributed by atoms with E-state index in [1.165, 1.54) is 0 Å². The third-order valence-corrected chi connectivity index (χ3v) is 9.47. The highest BCUT2D eigenvalue weighted by atomic mass is 16.7. The van der Waals surface area contributed by atoms with Crippen LogP contribution < -0.4 is 0 Å². The van der Waals surface area contributed by atoms with Crippen molar-refractivity contribution in [3.8, 4) is 0 Å². The zero-order chi connectivity index (χ0) is 21.7. The van der Waals surface area contributed by atoms with Crippen LogP contribution in [0.2, 0.25) is 0 Å². The highest BCUT2D eigenvalue weighted by Gasteiger charge is 2.83. The summed E-state index contributed by atoms with van der Waals surface area (Å²) in [4.78, 5) is 43.3. The molecular formula is C18H24N4O8. The number of nitrogens with zero attached hydrogens (tertiary/aromatic N) is 4. The summed E-state index contributed by atoms with van der Waals surface area (Å²) >= 11 is 0. The van der Waals surface area contributed by atoms with Crippen molar-refractivity contribution in [1.29, 1.82) is 0 Å². The Hall–Kier alpha value is -2.40. The van der Waals surface area contributed by atoms with Gasteiger partial charge in [0.05, 0.1) is 0 Å². The van der Waals surface area contributed by atoms with Gasteiger partial charge >= 0.3 is 0 Å². The molecule has 12 heteroatoms. The first-order valence-electron chi connectivity index (χ1n) is 10.6. The van der Waals surface area contributed by atoms with E-state index in [-0.39, 0.29) is 43.4 Å². The minimum Gasteiger partial charge on any atom is -0.264 e. The Morgan fingerprint density at radius 3 is 0.733 bits per heavy atom. The normalized spacial score (nSPS) is 50.9. The SMILES string of the molecule is O=[N+]([O-])C12CC3CC(C1)CC2([N+](=O)[O-])C3.O=[N+]([O-])C12CC3CC(C1)CC2([N+](=O)[O-])C3. The summed E-state index contributed by atoms with van der Waals surface area (Å²) in [6.07, 6.45) is 5.35. The average Bonchev–Trinajstić information content (AvgIpc) is 3.21. The molecule has 8 aliphatic rings. The van der Waals surface area contributed by atoms with Gasteiger partial charge in [-0.05, 0) is 36.5 Å². The van der Waals surface area contributed by atoms with Gasteiger partial charge in [0.15, 0.2) is 0 Å². The first-order chi connectivity index (χ1) is 14.0. The van der Waals surface area contributed by atoms with Crippen LogP contribution in [-0.2, 0) is 0 Å². The van der Waals surface area contributed by atoms with Crippen molar-refractivity contribution in [3.63, 3.8) is 0 Å². The quantitative estimate of drug-likeness (QED) is 0.489. The van der Waals surface area contributed by atoms with Crippen LogP contribution in [0.15, 0.2) is 0 Å². The van der Waals surface area contributed by atoms with Crippen molar-refractivity contribution >= 4 is 0 Å². The van der Waals surface area contributed by atoms with Gasteiger partial charge in [0.2, 0.25) is 0 Å². The van der Waals surface area contributed by atoms with Gasteiger partial charge in [-0.1, -0.05) is 0 Å². The summed E-state index contributed by atoms with van der Waals surface area (Å²) in [5.74, 6) is 0.864. The third kappa shape index (κ3) is 2.02. The van der Waals surface area contributed by atoms with Crippen molar-refractivity contribution in [1.82, 2.24) is 0 Å². The van der Waals surface area contributed by atoms with Gasteiger partial charge in [-0.2, -0.15) is 0 Å². The number of hydrogen-bond donors (Lipinski definition) is 0. The van der Waals surface area contributed by atoms with Gasteiger partial charge in [0, 0.05) is 71.1 Å². The standard InChI is InChI=1S/2C9H12N2O4/c2*12-10(13)8-2-6-1-7(4-8)5-9(8,3-6)11(14)15/h2*6-7H,1-5H2. The molecule has 8 fully saturated rings. The van der Waals surface area contributed by atoms with Gasteiger partial charge < -0.3 is 0 Å². The smallest absolute Gasteiger partial charge is 0.264 e. The Morgan fingerprint density at radius 2 is 0.600 bits per heavy atom. The van der Waals surface area contributed by atoms with Gasteiger partial charge in [-0.25, -0.2) is 0 Å². The van der Waals surface area contributed by atoms with Crippen LogP contribution in [0, 0.1) is 64.1 Å². The van der Waals surface area contributed by atoms with Crippen molar-refractivity contribution in [2.24, 2.45) is 23.7 Å². The number of hydrogen-bond acceptors (Lipinski definition) is 8. The summed E-state index contributed by atoms with van der Waals surface area (Å²) < 4.78 is 0. The lowest BCUT2D eigenvalue weighted by molar-refractivity contribution is -0.673. The molecule has 8 saturated carbocycles. The van der Waals surface area contributed by atoms with Gasteiger partial charge in [0.1, 0.15) is 0 Å². The molecule has 8 bridgehead atoms. The van der Waals surface area contributed by atoms with Crippen LogP contribution in [0.4, 0.5) is 0 Å². The molecule has 0 radical (unpaired) electrons. The van der Waals surface area contributed by atoms with Crippen LogP contribution in [-0.4, -0.2) is 41.8 Å². The van der Waals surface area contributed by atoms with Gasteiger partial charge in [-0.15, -0.1) is 0 Å². The number of rotatable bonds is 4. The maximum atomic E-state index is 11.2. The monoisotopic (exact) mass is 424 g/mol. The van der Waals surface area contributed by atoms with E-state index in [2.05, 4.69) is 0 Å². The molecule has 0 saturated heterocycles. The molecule has 0 heterocycles. The molecule has 0 aromatic heterocycles. The van der Waals surface area contributed by atoms with Crippen molar-refractivity contribution < 1.29 is 19.7 Å². The van der Waals surface area contributed by atoms with Crippen molar-refractivity contribution in [2.75, 3.05) is 0 Å². The predicted octanol–water partition coefficient (Wildman–Crippen LogP) is 2.48. The summed E-state index contributed by atoms with van der Waals surface area (Å²) in [5.41, 5.74) is -4.93. The molecule has 8 rings (SSSR count). The lowest BCUT2D eigenvalue weighted by atomic mass is 9.80. The Kier molecular flexibility index (Phi) is 3.68. The minimum atomic E-state index is -1.23. The maximum absolute atomic E-state index is 11.2. The molecule has 0 amide bonds. The third-order valence-electron chi connectivity index (χ3n) is 9.47. The van der Waals surface area contributed by atoms with Crippen molar-refractivity contribution in [2.45, 2.75) is 86.4 Å². The lowest BCUT2D eigenvalue weighted by Gasteiger charge is -2.24. The zero-order valence-corrected chi connectivity index (χ0v) is 16.4. The predicted molar refractivity (Wildman–Crippen MR) is 99.0 cm³/mol. The maximum Gasteiger partial charge on any atom is 0.291 e. The Bertz CT molecular complexity index is 712. The first kappa shape index (κ1) is 19.6. The van der Waals surface area contributed by atoms with Crippen LogP contribution in [0.25, 0.3) is 0 Å². The second-order valence-electron chi connectivity index (χ2n) is 10.7. The van der Waals surface area contributed by atoms with E-state index >= 15 is 0 Å². The minimum absolute atomic E-state index is 0.216. The fourth-order valence-electron chi connectivity index (χ4n) is 8.85. The largest absolute Gasteiger partial charge is 0.291 e. The Balaban J connectivity index is 0.000000128. The van der Waals surface area contributed by atoms with Crippen LogP contribution in [0.1, 0.15) is 64.2 Å². The molecule has 0 unspecified atom stereocenters. The highest BCUT2D eigenvalue weighted by molar-refractivity contribution is 5.19. The summed E-state index contributed by atoms with van der Waals surface area (Å²) in [5, 5.41) is 44.7. The summed E-state index contributed by atoms with van der Waals surface area (Å²) in [6.45, 7) is 0. The van der Waals surface area contributed by atoms with E-state index in [9.17, 15) is 40.5 Å². The van der Waals surface area contributed by atoms with E-state index in [4.69, 9.17) is 0 Å². The van der Waals surface area contributed by atoms with Gasteiger partial charge in [-0.3, -0.25) is 40.5 Å². The van der Waals surface area contributed by atoms with Crippen LogP contribution in [0.5, 0.6) is 0 Å². The number of nitro groups is 4. The fraction of sp³-hybridized carbons (Fsp3) is 1.00. The molecule has 0 spiro atoms. The van der Waals surface area contributed by atoms with Crippen molar-refractivity contribution in [3.05, 3.63) is 40.5 Å². The summed E-state index contributed by atoms with van der Waals surface area (Å²) in [6, 6.07) is 0. The Morgan fingerprint density at radius 1 is 0.433 bits per heavy atom. The fourth-order valence-corrected chi connectivity index (χ4v) is 8.85. The molecule has 0 aromatic rings. The molecule has 0 atom stereocenters. The first-order valence-corrected chi connectivity index (χ1v) is 10.6. The second-order valence-corrected chi connectivity index (χ2v) is 10.7. The second kappa shape index (κ2) is 5.64. The van der Waals surface area contributed by atoms with E-state index in [1.807, 2.05) is 0 Å². The molecular weight excluding hydrogens is 400 g/mol. The van der Waals surface area contributed by atoms with Gasteiger partial charge in [0.25, 0.3) is 22.2 Å². The van der Waals surface area contributed by atoms with E-state index in [1.54, 1.807) is 0 Å². The summed E-state index contributed by atoms with van der Waals surface area (Å²) in [7, 11) is 0. The molecule has 0 aromatic carbocycles. The molecule has 164 valence electrons. The highest BCUT2D eigenvalue weighted by Crippen LogP contribution is 2.66. The molecule has 0 aliphatic heterocycles. The molecule has 30 heavy (non-hydrogen) atoms. The Labute approximate surface area is 171 Å². The van der Waals surface area contributed by atoms with E-state index in [0.29, 0.717) is 51.4 Å². The molecule has 12 nitrogen and oxygen atoms in total. The molecule has 8 aliphatic carbocycles. The van der Waals surface area contributed by atoms with E-state index < -0.39 is 22.2 Å². The lowest BCUT2D eigenvalue weighted by Crippen LogP contribution is -2.55. The average molecular weight is 424 g/mol. The molecule has 0 N–H and O–H groups in total. The topological polar surface area (TPSA) is 173 Å². The van der Waals surface area contributed by atoms with Crippen LogP contribution >= 0.6 is 0 Å².